The summed E-state index contributed by atoms with van der Waals surface area (Å²) >= 11 is 0. The molecule has 274 valence electrons. The number of alkyl halides is 13. The first-order valence-corrected chi connectivity index (χ1v) is 14.6. The van der Waals surface area contributed by atoms with Gasteiger partial charge < -0.3 is 9.47 Å². The zero-order valence-corrected chi connectivity index (χ0v) is 25.4. The summed E-state index contributed by atoms with van der Waals surface area (Å²) in [7, 11) is 0. The number of hydrogen-bond acceptors (Lipinski definition) is 6. The Bertz CT molecular complexity index is 1250. The zero-order chi connectivity index (χ0) is 36.3. The monoisotopic (exact) mass is 720 g/mol. The van der Waals surface area contributed by atoms with E-state index in [0.717, 1.165) is 50.5 Å². The van der Waals surface area contributed by atoms with Gasteiger partial charge in [0.1, 0.15) is 12.4 Å². The third kappa shape index (κ3) is 11.9. The van der Waals surface area contributed by atoms with Gasteiger partial charge in [-0.05, 0) is 42.7 Å². The van der Waals surface area contributed by atoms with Gasteiger partial charge in [0.25, 0.3) is 0 Å². The molecule has 0 radical (unpaired) electrons. The highest BCUT2D eigenvalue weighted by molar-refractivity contribution is 5.58. The highest BCUT2D eigenvalue weighted by atomic mass is 19.4. The summed E-state index contributed by atoms with van der Waals surface area (Å²) < 4.78 is 184. The summed E-state index contributed by atoms with van der Waals surface area (Å²) in [5.74, 6) is -12.2. The minimum Gasteiger partial charge on any atom is -0.493 e. The molecule has 2 rings (SSSR count). The van der Waals surface area contributed by atoms with Crippen LogP contribution in [0, 0.1) is 0 Å². The molecule has 0 amide bonds. The van der Waals surface area contributed by atoms with Crippen LogP contribution < -0.4 is 4.74 Å². The SMILES string of the molecule is CCCCCCCCCc1cc(-c2ncccn2)ccc1OCCCOCC(F)(F)C(F)(F)C(F)(F)OC(F)(F)C(F)(F)OC(F)(F)F. The average Bonchev–Trinajstić information content (AvgIpc) is 2.97. The standard InChI is InChI=1S/C29H33F13N2O4/c1-2-3-4-5-6-7-8-11-20-18-21(23-43-14-9-15-44-23)12-13-22(20)46-17-10-16-45-19-24(30,31)25(32,33)26(34,35)47-27(36,37)28(38,39)48-29(40,41)42/h9,12-15,18H,2-8,10-11,16-17,19H2,1H3. The van der Waals surface area contributed by atoms with Crippen molar-refractivity contribution in [3.8, 4) is 17.1 Å². The lowest BCUT2D eigenvalue weighted by Gasteiger charge is -2.35. The number of unbranched alkanes of at least 4 members (excludes halogenated alkanes) is 6. The van der Waals surface area contributed by atoms with Crippen molar-refractivity contribution >= 4 is 0 Å². The van der Waals surface area contributed by atoms with E-state index in [4.69, 9.17) is 4.74 Å². The number of hydrogen-bond donors (Lipinski definition) is 0. The normalized spacial score (nSPS) is 13.6. The van der Waals surface area contributed by atoms with Crippen LogP contribution in [0.4, 0.5) is 57.1 Å². The number of rotatable bonds is 22. The van der Waals surface area contributed by atoms with E-state index in [2.05, 4.69) is 21.6 Å². The van der Waals surface area contributed by atoms with Crippen molar-refractivity contribution in [3.63, 3.8) is 0 Å². The molecule has 0 N–H and O–H groups in total. The highest BCUT2D eigenvalue weighted by Crippen LogP contribution is 2.51. The third-order valence-electron chi connectivity index (χ3n) is 6.57. The zero-order valence-electron chi connectivity index (χ0n) is 25.4. The molecule has 48 heavy (non-hydrogen) atoms. The van der Waals surface area contributed by atoms with Crippen LogP contribution in [0.15, 0.2) is 36.7 Å². The van der Waals surface area contributed by atoms with E-state index >= 15 is 0 Å². The fraction of sp³-hybridized carbons (Fsp3) is 0.655. The molecule has 0 aliphatic heterocycles. The maximum absolute atomic E-state index is 14.0. The van der Waals surface area contributed by atoms with Crippen molar-refractivity contribution in [1.29, 1.82) is 0 Å². The second-order valence-corrected chi connectivity index (χ2v) is 10.5. The number of aromatic nitrogens is 2. The van der Waals surface area contributed by atoms with Crippen LogP contribution in [0.2, 0.25) is 0 Å². The van der Waals surface area contributed by atoms with Gasteiger partial charge in [-0.15, -0.1) is 13.2 Å². The number of nitrogens with zero attached hydrogens (tertiary/aromatic N) is 2. The fourth-order valence-electron chi connectivity index (χ4n) is 4.11. The Kier molecular flexibility index (Phi) is 14.7. The van der Waals surface area contributed by atoms with Gasteiger partial charge in [0.2, 0.25) is 0 Å². The van der Waals surface area contributed by atoms with Crippen LogP contribution in [0.5, 0.6) is 5.75 Å². The molecule has 0 spiro atoms. The minimum absolute atomic E-state index is 0.243. The third-order valence-corrected chi connectivity index (χ3v) is 6.57. The molecule has 0 fully saturated rings. The summed E-state index contributed by atoms with van der Waals surface area (Å²) in [6.07, 6.45) is -17.2. The summed E-state index contributed by atoms with van der Waals surface area (Å²) in [6, 6.07) is 6.71. The van der Waals surface area contributed by atoms with Crippen molar-refractivity contribution in [2.24, 2.45) is 0 Å². The molecule has 19 heteroatoms. The average molecular weight is 721 g/mol. The van der Waals surface area contributed by atoms with Gasteiger partial charge in [0.15, 0.2) is 5.82 Å². The first-order valence-electron chi connectivity index (χ1n) is 14.6. The number of ether oxygens (including phenoxy) is 4. The van der Waals surface area contributed by atoms with Crippen molar-refractivity contribution in [2.45, 2.75) is 101 Å². The predicted molar refractivity (Wildman–Crippen MR) is 143 cm³/mol. The van der Waals surface area contributed by atoms with Gasteiger partial charge in [-0.2, -0.15) is 43.9 Å². The first kappa shape index (κ1) is 41.2. The Morgan fingerprint density at radius 2 is 1.23 bits per heavy atom. The lowest BCUT2D eigenvalue weighted by Crippen LogP contribution is -2.61. The van der Waals surface area contributed by atoms with Crippen molar-refractivity contribution in [1.82, 2.24) is 9.97 Å². The number of aryl methyl sites for hydroxylation is 1. The molecule has 0 atom stereocenters. The number of benzene rings is 1. The fourth-order valence-corrected chi connectivity index (χ4v) is 4.11. The largest absolute Gasteiger partial charge is 0.527 e. The number of halogens is 13. The Balaban J connectivity index is 1.96. The van der Waals surface area contributed by atoms with Crippen molar-refractivity contribution < 1.29 is 76.0 Å². The van der Waals surface area contributed by atoms with Gasteiger partial charge in [0.05, 0.1) is 13.2 Å². The molecule has 0 bridgehead atoms. The topological polar surface area (TPSA) is 62.7 Å². The van der Waals surface area contributed by atoms with E-state index < -0.39 is 49.7 Å². The molecule has 0 saturated carbocycles. The molecular formula is C29H33F13N2O4. The molecule has 1 heterocycles. The molecule has 0 unspecified atom stereocenters. The Labute approximate surface area is 266 Å². The molecule has 0 aliphatic rings. The molecule has 2 aromatic rings. The molecule has 6 nitrogen and oxygen atoms in total. The Morgan fingerprint density at radius 1 is 0.646 bits per heavy atom. The summed E-state index contributed by atoms with van der Waals surface area (Å²) in [6.45, 7) is -1.49. The van der Waals surface area contributed by atoms with Gasteiger partial charge >= 0.3 is 36.5 Å². The van der Waals surface area contributed by atoms with E-state index in [0.29, 0.717) is 23.6 Å². The van der Waals surface area contributed by atoms with Crippen LogP contribution in [0.1, 0.15) is 63.9 Å². The minimum atomic E-state index is -7.14. The summed E-state index contributed by atoms with van der Waals surface area (Å²) in [4.78, 5) is 8.38. The van der Waals surface area contributed by atoms with Crippen LogP contribution in [-0.2, 0) is 20.6 Å². The maximum atomic E-state index is 14.0. The van der Waals surface area contributed by atoms with Gasteiger partial charge in [-0.1, -0.05) is 45.4 Å². The molecule has 0 saturated heterocycles. The quantitative estimate of drug-likeness (QED) is 0.0892. The van der Waals surface area contributed by atoms with Crippen LogP contribution in [0.3, 0.4) is 0 Å². The molecule has 1 aromatic heterocycles. The van der Waals surface area contributed by atoms with Gasteiger partial charge in [-0.25, -0.2) is 19.4 Å². The molecule has 0 aliphatic carbocycles. The van der Waals surface area contributed by atoms with Crippen LogP contribution in [-0.4, -0.2) is 66.3 Å². The second kappa shape index (κ2) is 17.1. The predicted octanol–water partition coefficient (Wildman–Crippen LogP) is 9.82. The van der Waals surface area contributed by atoms with E-state index in [1.807, 2.05) is 4.74 Å². The summed E-state index contributed by atoms with van der Waals surface area (Å²) in [5, 5.41) is 0. The van der Waals surface area contributed by atoms with E-state index in [1.54, 1.807) is 41.4 Å². The lowest BCUT2D eigenvalue weighted by atomic mass is 10.0. The highest BCUT2D eigenvalue weighted by Gasteiger charge is 2.78. The van der Waals surface area contributed by atoms with Gasteiger partial charge in [-0.3, -0.25) is 0 Å². The Hall–Kier alpha value is -2.93. The smallest absolute Gasteiger partial charge is 0.493 e. The van der Waals surface area contributed by atoms with Gasteiger partial charge in [0, 0.05) is 24.4 Å². The Morgan fingerprint density at radius 3 is 1.83 bits per heavy atom. The second-order valence-electron chi connectivity index (χ2n) is 10.5. The molecular weight excluding hydrogens is 687 g/mol. The van der Waals surface area contributed by atoms with Crippen LogP contribution in [0.25, 0.3) is 11.4 Å². The summed E-state index contributed by atoms with van der Waals surface area (Å²) in [5.41, 5.74) is 1.44. The lowest BCUT2D eigenvalue weighted by molar-refractivity contribution is -0.547. The van der Waals surface area contributed by atoms with Crippen LogP contribution >= 0.6 is 0 Å². The first-order chi connectivity index (χ1) is 22.2. The van der Waals surface area contributed by atoms with E-state index in [1.165, 1.54) is 0 Å². The van der Waals surface area contributed by atoms with Crippen molar-refractivity contribution in [3.05, 3.63) is 42.2 Å². The maximum Gasteiger partial charge on any atom is 0.527 e. The van der Waals surface area contributed by atoms with Crippen molar-refractivity contribution in [2.75, 3.05) is 19.8 Å². The molecule has 1 aromatic carbocycles. The van der Waals surface area contributed by atoms with E-state index in [-0.39, 0.29) is 13.0 Å². The van der Waals surface area contributed by atoms with E-state index in [9.17, 15) is 57.1 Å².